The monoisotopic (exact) mass is 331 g/mol. The summed E-state index contributed by atoms with van der Waals surface area (Å²) in [5, 5.41) is 5.81. The van der Waals surface area contributed by atoms with Crippen LogP contribution in [0.5, 0.6) is 0 Å². The van der Waals surface area contributed by atoms with Gasteiger partial charge in [0.2, 0.25) is 11.8 Å². The van der Waals surface area contributed by atoms with Crippen LogP contribution in [-0.4, -0.2) is 18.4 Å². The Hall–Kier alpha value is -2.37. The van der Waals surface area contributed by atoms with Gasteiger partial charge >= 0.3 is 0 Å². The van der Waals surface area contributed by atoms with Crippen molar-refractivity contribution in [1.82, 2.24) is 0 Å². The number of nitrogens with two attached hydrogens (primary N) is 1. The second-order valence-electron chi connectivity index (χ2n) is 4.99. The molecule has 0 spiro atoms. The molecule has 120 valence electrons. The summed E-state index contributed by atoms with van der Waals surface area (Å²) in [5.74, 6) is -0.331. The van der Waals surface area contributed by atoms with E-state index in [-0.39, 0.29) is 31.2 Å². The van der Waals surface area contributed by atoms with Gasteiger partial charge in [-0.25, -0.2) is 0 Å². The Kier molecular flexibility index (Phi) is 6.14. The van der Waals surface area contributed by atoms with Crippen LogP contribution in [0.15, 0.2) is 48.5 Å². The molecular formula is C17H18ClN3O2. The van der Waals surface area contributed by atoms with E-state index in [1.807, 2.05) is 30.3 Å². The summed E-state index contributed by atoms with van der Waals surface area (Å²) in [7, 11) is 0. The predicted molar refractivity (Wildman–Crippen MR) is 92.5 cm³/mol. The average Bonchev–Trinajstić information content (AvgIpc) is 2.51. The highest BCUT2D eigenvalue weighted by atomic mass is 35.5. The summed E-state index contributed by atoms with van der Waals surface area (Å²) in [6.45, 7) is 0.285. The molecule has 5 nitrogen and oxygen atoms in total. The van der Waals surface area contributed by atoms with Crippen molar-refractivity contribution in [2.75, 3.05) is 17.2 Å². The summed E-state index contributed by atoms with van der Waals surface area (Å²) in [6, 6.07) is 14.4. The van der Waals surface area contributed by atoms with Crippen LogP contribution in [0.4, 0.5) is 11.4 Å². The topological polar surface area (TPSA) is 84.2 Å². The highest BCUT2D eigenvalue weighted by molar-refractivity contribution is 6.34. The van der Waals surface area contributed by atoms with E-state index >= 15 is 0 Å². The van der Waals surface area contributed by atoms with Crippen LogP contribution in [0.1, 0.15) is 12.0 Å². The molecule has 0 unspecified atom stereocenters. The minimum atomic E-state index is -0.176. The molecule has 2 aromatic carbocycles. The lowest BCUT2D eigenvalue weighted by Gasteiger charge is -2.10. The Balaban J connectivity index is 1.98. The first-order valence-corrected chi connectivity index (χ1v) is 7.59. The number of rotatable bonds is 6. The van der Waals surface area contributed by atoms with Crippen LogP contribution in [0.25, 0.3) is 0 Å². The largest absolute Gasteiger partial charge is 0.330 e. The van der Waals surface area contributed by atoms with Gasteiger partial charge in [0.1, 0.15) is 0 Å². The number of carbonyl (C=O) groups excluding carboxylic acids is 2. The number of carbonyl (C=O) groups is 2. The SMILES string of the molecule is NCCC(=O)Nc1ccc(NC(=O)Cc2ccccc2)c(Cl)c1. The fraction of sp³-hybridized carbons (Fsp3) is 0.176. The van der Waals surface area contributed by atoms with Gasteiger partial charge in [-0.1, -0.05) is 41.9 Å². The third kappa shape index (κ3) is 5.39. The Morgan fingerprint density at radius 1 is 1.00 bits per heavy atom. The number of hydrogen-bond donors (Lipinski definition) is 3. The molecule has 0 fully saturated rings. The van der Waals surface area contributed by atoms with E-state index in [4.69, 9.17) is 17.3 Å². The zero-order valence-electron chi connectivity index (χ0n) is 12.5. The molecule has 0 saturated carbocycles. The zero-order chi connectivity index (χ0) is 16.7. The molecule has 2 amide bonds. The summed E-state index contributed by atoms with van der Waals surface area (Å²) >= 11 is 6.15. The minimum absolute atomic E-state index is 0.155. The standard InChI is InChI=1S/C17H18ClN3O2/c18-14-11-13(20-16(22)8-9-19)6-7-15(14)21-17(23)10-12-4-2-1-3-5-12/h1-7,11H,8-10,19H2,(H,20,22)(H,21,23). The lowest BCUT2D eigenvalue weighted by molar-refractivity contribution is -0.116. The molecule has 23 heavy (non-hydrogen) atoms. The van der Waals surface area contributed by atoms with Gasteiger partial charge in [-0.2, -0.15) is 0 Å². The highest BCUT2D eigenvalue weighted by Crippen LogP contribution is 2.25. The summed E-state index contributed by atoms with van der Waals surface area (Å²) < 4.78 is 0. The maximum Gasteiger partial charge on any atom is 0.228 e. The Bertz CT molecular complexity index is 689. The fourth-order valence-electron chi connectivity index (χ4n) is 2.02. The second kappa shape index (κ2) is 8.31. The van der Waals surface area contributed by atoms with Crippen LogP contribution >= 0.6 is 11.6 Å². The van der Waals surface area contributed by atoms with E-state index in [0.717, 1.165) is 5.56 Å². The van der Waals surface area contributed by atoms with E-state index in [1.54, 1.807) is 18.2 Å². The van der Waals surface area contributed by atoms with E-state index in [0.29, 0.717) is 16.4 Å². The Morgan fingerprint density at radius 2 is 1.74 bits per heavy atom. The van der Waals surface area contributed by atoms with Crippen LogP contribution < -0.4 is 16.4 Å². The van der Waals surface area contributed by atoms with Crippen LogP contribution in [0, 0.1) is 0 Å². The first kappa shape index (κ1) is 17.0. The van der Waals surface area contributed by atoms with Gasteiger partial charge in [-0.15, -0.1) is 0 Å². The van der Waals surface area contributed by atoms with Gasteiger partial charge in [0.25, 0.3) is 0 Å². The molecule has 0 aromatic heterocycles. The van der Waals surface area contributed by atoms with Crippen molar-refractivity contribution in [1.29, 1.82) is 0 Å². The zero-order valence-corrected chi connectivity index (χ0v) is 13.3. The highest BCUT2D eigenvalue weighted by Gasteiger charge is 2.08. The molecular weight excluding hydrogens is 314 g/mol. The van der Waals surface area contributed by atoms with E-state index < -0.39 is 0 Å². The maximum atomic E-state index is 12.0. The fourth-order valence-corrected chi connectivity index (χ4v) is 2.25. The van der Waals surface area contributed by atoms with Gasteiger partial charge in [0.05, 0.1) is 17.1 Å². The molecule has 0 bridgehead atoms. The number of anilines is 2. The van der Waals surface area contributed by atoms with Crippen LogP contribution in [-0.2, 0) is 16.0 Å². The first-order valence-electron chi connectivity index (χ1n) is 7.21. The van der Waals surface area contributed by atoms with Crippen molar-refractivity contribution in [2.45, 2.75) is 12.8 Å². The van der Waals surface area contributed by atoms with Crippen molar-refractivity contribution < 1.29 is 9.59 Å². The van der Waals surface area contributed by atoms with Crippen molar-refractivity contribution in [3.05, 3.63) is 59.1 Å². The third-order valence-corrected chi connectivity index (χ3v) is 3.42. The number of benzene rings is 2. The van der Waals surface area contributed by atoms with Gasteiger partial charge in [-0.05, 0) is 23.8 Å². The molecule has 4 N–H and O–H groups in total. The average molecular weight is 332 g/mol. The molecule has 0 saturated heterocycles. The summed E-state index contributed by atoms with van der Waals surface area (Å²) in [4.78, 5) is 23.5. The second-order valence-corrected chi connectivity index (χ2v) is 5.40. The number of hydrogen-bond acceptors (Lipinski definition) is 3. The van der Waals surface area contributed by atoms with Crippen molar-refractivity contribution >= 4 is 34.8 Å². The molecule has 0 heterocycles. The van der Waals surface area contributed by atoms with E-state index in [9.17, 15) is 9.59 Å². The van der Waals surface area contributed by atoms with Gasteiger partial charge in [0.15, 0.2) is 0 Å². The van der Waals surface area contributed by atoms with E-state index in [1.165, 1.54) is 0 Å². The van der Waals surface area contributed by atoms with Crippen molar-refractivity contribution in [3.63, 3.8) is 0 Å². The molecule has 0 radical (unpaired) electrons. The summed E-state index contributed by atoms with van der Waals surface area (Å²) in [5.41, 5.74) is 7.31. The summed E-state index contributed by atoms with van der Waals surface area (Å²) in [6.07, 6.45) is 0.513. The smallest absolute Gasteiger partial charge is 0.228 e. The minimum Gasteiger partial charge on any atom is -0.330 e. The normalized spacial score (nSPS) is 10.2. The van der Waals surface area contributed by atoms with Gasteiger partial charge in [-0.3, -0.25) is 9.59 Å². The van der Waals surface area contributed by atoms with Crippen molar-refractivity contribution in [3.8, 4) is 0 Å². The van der Waals surface area contributed by atoms with E-state index in [2.05, 4.69) is 10.6 Å². The van der Waals surface area contributed by atoms with Crippen LogP contribution in [0.3, 0.4) is 0 Å². The lowest BCUT2D eigenvalue weighted by Crippen LogP contribution is -2.17. The number of halogens is 1. The lowest BCUT2D eigenvalue weighted by atomic mass is 10.1. The van der Waals surface area contributed by atoms with Crippen LogP contribution in [0.2, 0.25) is 5.02 Å². The quantitative estimate of drug-likeness (QED) is 0.761. The predicted octanol–water partition coefficient (Wildman–Crippen LogP) is 2.81. The molecule has 0 aliphatic carbocycles. The molecule has 0 atom stereocenters. The molecule has 2 rings (SSSR count). The molecule has 0 aliphatic rings. The third-order valence-electron chi connectivity index (χ3n) is 3.11. The number of nitrogens with one attached hydrogen (secondary N) is 2. The number of amides is 2. The van der Waals surface area contributed by atoms with Crippen molar-refractivity contribution in [2.24, 2.45) is 5.73 Å². The Labute approximate surface area is 139 Å². The molecule has 6 heteroatoms. The molecule has 0 aliphatic heterocycles. The molecule has 2 aromatic rings. The maximum absolute atomic E-state index is 12.0. The first-order chi connectivity index (χ1) is 11.1. The Morgan fingerprint density at radius 3 is 2.39 bits per heavy atom. The van der Waals surface area contributed by atoms with Gasteiger partial charge < -0.3 is 16.4 Å². The van der Waals surface area contributed by atoms with Gasteiger partial charge in [0, 0.05) is 18.7 Å².